The van der Waals surface area contributed by atoms with Crippen molar-refractivity contribution in [3.05, 3.63) is 29.6 Å². The van der Waals surface area contributed by atoms with Gasteiger partial charge in [-0.1, -0.05) is 32.3 Å². The summed E-state index contributed by atoms with van der Waals surface area (Å²) in [7, 11) is 1.79. The minimum atomic E-state index is -0.130. The molecule has 1 heterocycles. The van der Waals surface area contributed by atoms with Crippen LogP contribution in [0.25, 0.3) is 0 Å². The van der Waals surface area contributed by atoms with Crippen LogP contribution in [0.3, 0.4) is 0 Å². The van der Waals surface area contributed by atoms with Crippen LogP contribution in [0, 0.1) is 5.82 Å². The van der Waals surface area contributed by atoms with Gasteiger partial charge in [-0.05, 0) is 37.1 Å². The zero-order valence-electron chi connectivity index (χ0n) is 17.2. The first-order valence-corrected chi connectivity index (χ1v) is 10.4. The number of nitrogens with zero attached hydrogens (tertiary/aromatic N) is 3. The minimum absolute atomic E-state index is 0. The van der Waals surface area contributed by atoms with E-state index in [4.69, 9.17) is 0 Å². The quantitative estimate of drug-likeness (QED) is 0.366. The molecule has 1 saturated carbocycles. The van der Waals surface area contributed by atoms with Crippen LogP contribution in [-0.2, 0) is 6.54 Å². The topological polar surface area (TPSA) is 42.9 Å². The number of piperazine rings is 1. The van der Waals surface area contributed by atoms with E-state index in [1.807, 2.05) is 12.1 Å². The molecule has 28 heavy (non-hydrogen) atoms. The maximum atomic E-state index is 14.7. The first-order chi connectivity index (χ1) is 13.2. The minimum Gasteiger partial charge on any atom is -0.367 e. The van der Waals surface area contributed by atoms with Crippen molar-refractivity contribution in [3.8, 4) is 0 Å². The van der Waals surface area contributed by atoms with Crippen molar-refractivity contribution in [2.45, 2.75) is 51.6 Å². The molecule has 3 rings (SSSR count). The molecule has 0 aromatic heterocycles. The molecule has 0 atom stereocenters. The first-order valence-electron chi connectivity index (χ1n) is 10.4. The molecule has 2 N–H and O–H groups in total. The van der Waals surface area contributed by atoms with E-state index in [-0.39, 0.29) is 29.8 Å². The molecule has 1 aromatic rings. The lowest BCUT2D eigenvalue weighted by Crippen LogP contribution is -2.46. The van der Waals surface area contributed by atoms with Gasteiger partial charge in [0, 0.05) is 45.8 Å². The zero-order chi connectivity index (χ0) is 19.1. The van der Waals surface area contributed by atoms with Crippen molar-refractivity contribution in [1.82, 2.24) is 15.5 Å². The smallest absolute Gasteiger partial charge is 0.191 e. The van der Waals surface area contributed by atoms with Crippen molar-refractivity contribution in [3.63, 3.8) is 0 Å². The Morgan fingerprint density at radius 1 is 1.14 bits per heavy atom. The van der Waals surface area contributed by atoms with E-state index < -0.39 is 0 Å². The summed E-state index contributed by atoms with van der Waals surface area (Å²) in [6.45, 7) is 7.60. The second kappa shape index (κ2) is 11.8. The van der Waals surface area contributed by atoms with Crippen LogP contribution in [0.2, 0.25) is 0 Å². The van der Waals surface area contributed by atoms with Crippen molar-refractivity contribution >= 4 is 35.6 Å². The predicted octanol–water partition coefficient (Wildman–Crippen LogP) is 3.58. The fourth-order valence-electron chi connectivity index (χ4n) is 4.04. The normalized spacial score (nSPS) is 19.2. The Morgan fingerprint density at radius 2 is 1.86 bits per heavy atom. The number of anilines is 1. The van der Waals surface area contributed by atoms with E-state index in [0.717, 1.165) is 49.9 Å². The number of hydrogen-bond acceptors (Lipinski definition) is 3. The van der Waals surface area contributed by atoms with Crippen molar-refractivity contribution in [2.75, 3.05) is 44.7 Å². The van der Waals surface area contributed by atoms with Gasteiger partial charge in [-0.3, -0.25) is 4.99 Å². The Hall–Kier alpha value is -1.09. The maximum absolute atomic E-state index is 14.7. The highest BCUT2D eigenvalue weighted by Gasteiger charge is 2.19. The van der Waals surface area contributed by atoms with Crippen LogP contribution in [-0.4, -0.2) is 56.7 Å². The summed E-state index contributed by atoms with van der Waals surface area (Å²) in [5.74, 6) is 0.677. The second-order valence-electron chi connectivity index (χ2n) is 7.61. The van der Waals surface area contributed by atoms with Gasteiger partial charge in [-0.15, -0.1) is 24.0 Å². The van der Waals surface area contributed by atoms with Crippen LogP contribution in [0.1, 0.15) is 44.6 Å². The Bertz CT molecular complexity index is 625. The summed E-state index contributed by atoms with van der Waals surface area (Å²) in [4.78, 5) is 8.87. The van der Waals surface area contributed by atoms with Crippen molar-refractivity contribution in [1.29, 1.82) is 0 Å². The molecule has 1 aromatic carbocycles. The average molecular weight is 503 g/mol. The molecule has 1 aliphatic carbocycles. The number of guanidine groups is 1. The van der Waals surface area contributed by atoms with E-state index >= 15 is 0 Å². The molecule has 2 fully saturated rings. The maximum Gasteiger partial charge on any atom is 0.191 e. The number of nitrogens with one attached hydrogen (secondary N) is 2. The van der Waals surface area contributed by atoms with Crippen LogP contribution >= 0.6 is 24.0 Å². The number of benzene rings is 1. The standard InChI is InChI=1S/C21H34FN5.HI/c1-3-26-11-13-27(14-12-26)20-10-9-17(15-19(20)22)16-24-21(23-2)25-18-7-5-4-6-8-18;/h9-10,15,18H,3-8,11-14,16H2,1-2H3,(H2,23,24,25);1H. The Morgan fingerprint density at radius 3 is 2.46 bits per heavy atom. The SMILES string of the molecule is CCN1CCN(c2ccc(CNC(=NC)NC3CCCCC3)cc2F)CC1.I. The molecule has 0 spiro atoms. The number of aliphatic imine (C=N–C) groups is 1. The molecular formula is C21H35FIN5. The van der Waals surface area contributed by atoms with E-state index in [1.165, 1.54) is 32.1 Å². The lowest BCUT2D eigenvalue weighted by atomic mass is 9.96. The molecule has 0 amide bonds. The first kappa shape index (κ1) is 23.2. The zero-order valence-corrected chi connectivity index (χ0v) is 19.5. The molecule has 0 unspecified atom stereocenters. The van der Waals surface area contributed by atoms with E-state index in [2.05, 4.69) is 32.3 Å². The van der Waals surface area contributed by atoms with Gasteiger partial charge in [-0.25, -0.2) is 4.39 Å². The predicted molar refractivity (Wildman–Crippen MR) is 126 cm³/mol. The van der Waals surface area contributed by atoms with Crippen LogP contribution in [0.4, 0.5) is 10.1 Å². The van der Waals surface area contributed by atoms with Gasteiger partial charge in [0.15, 0.2) is 5.96 Å². The van der Waals surface area contributed by atoms with Gasteiger partial charge in [0.2, 0.25) is 0 Å². The summed E-state index contributed by atoms with van der Waals surface area (Å²) in [5, 5.41) is 6.82. The highest BCUT2D eigenvalue weighted by Crippen LogP contribution is 2.22. The van der Waals surface area contributed by atoms with Crippen molar-refractivity contribution < 1.29 is 4.39 Å². The van der Waals surface area contributed by atoms with Gasteiger partial charge in [-0.2, -0.15) is 0 Å². The molecule has 1 saturated heterocycles. The summed E-state index contributed by atoms with van der Waals surface area (Å²) in [6, 6.07) is 6.10. The van der Waals surface area contributed by atoms with Crippen molar-refractivity contribution in [2.24, 2.45) is 4.99 Å². The summed E-state index contributed by atoms with van der Waals surface area (Å²) in [5.41, 5.74) is 1.66. The van der Waals surface area contributed by atoms with Crippen LogP contribution in [0.5, 0.6) is 0 Å². The van der Waals surface area contributed by atoms with Gasteiger partial charge >= 0.3 is 0 Å². The van der Waals surface area contributed by atoms with Gasteiger partial charge in [0.1, 0.15) is 5.82 Å². The molecule has 5 nitrogen and oxygen atoms in total. The largest absolute Gasteiger partial charge is 0.367 e. The van der Waals surface area contributed by atoms with Crippen LogP contribution < -0.4 is 15.5 Å². The number of rotatable bonds is 5. The van der Waals surface area contributed by atoms with E-state index in [1.54, 1.807) is 13.1 Å². The third-order valence-electron chi connectivity index (χ3n) is 5.80. The third kappa shape index (κ3) is 6.47. The monoisotopic (exact) mass is 503 g/mol. The molecule has 2 aliphatic rings. The van der Waals surface area contributed by atoms with Crippen LogP contribution in [0.15, 0.2) is 23.2 Å². The molecule has 7 heteroatoms. The number of hydrogen-bond donors (Lipinski definition) is 2. The molecule has 0 bridgehead atoms. The fraction of sp³-hybridized carbons (Fsp3) is 0.667. The second-order valence-corrected chi connectivity index (χ2v) is 7.61. The van der Waals surface area contributed by atoms with Gasteiger partial charge < -0.3 is 20.4 Å². The Balaban J connectivity index is 0.00000280. The van der Waals surface area contributed by atoms with Gasteiger partial charge in [0.25, 0.3) is 0 Å². The molecular weight excluding hydrogens is 468 g/mol. The lowest BCUT2D eigenvalue weighted by molar-refractivity contribution is 0.270. The average Bonchev–Trinajstić information content (AvgIpc) is 2.72. The highest BCUT2D eigenvalue weighted by atomic mass is 127. The molecule has 0 radical (unpaired) electrons. The summed E-state index contributed by atoms with van der Waals surface area (Å²) in [6.07, 6.45) is 6.32. The lowest BCUT2D eigenvalue weighted by Gasteiger charge is -2.35. The third-order valence-corrected chi connectivity index (χ3v) is 5.80. The fourth-order valence-corrected chi connectivity index (χ4v) is 4.04. The Kier molecular flexibility index (Phi) is 9.77. The Labute approximate surface area is 186 Å². The van der Waals surface area contributed by atoms with E-state index in [9.17, 15) is 4.39 Å². The summed E-state index contributed by atoms with van der Waals surface area (Å²) >= 11 is 0. The molecule has 158 valence electrons. The molecule has 1 aliphatic heterocycles. The summed E-state index contributed by atoms with van der Waals surface area (Å²) < 4.78 is 14.7. The highest BCUT2D eigenvalue weighted by molar-refractivity contribution is 14.0. The number of likely N-dealkylation sites (N-methyl/N-ethyl adjacent to an activating group) is 1. The number of halogens is 2. The van der Waals surface area contributed by atoms with E-state index in [0.29, 0.717) is 12.6 Å². The van der Waals surface area contributed by atoms with Gasteiger partial charge in [0.05, 0.1) is 5.69 Å².